The van der Waals surface area contributed by atoms with E-state index in [0.29, 0.717) is 0 Å². The molecule has 0 aromatic carbocycles. The number of hydrogen-bond acceptors (Lipinski definition) is 0. The van der Waals surface area contributed by atoms with Crippen LogP contribution < -0.4 is 0 Å². The molecule has 0 heterocycles. The van der Waals surface area contributed by atoms with Gasteiger partial charge in [0.2, 0.25) is 0 Å². The number of hydrogen-bond donors (Lipinski definition) is 0. The van der Waals surface area contributed by atoms with Crippen LogP contribution in [-0.2, 0) is 0 Å². The molecule has 0 aromatic rings. The zero-order valence-electron chi connectivity index (χ0n) is 14.9. The van der Waals surface area contributed by atoms with E-state index in [1.165, 1.54) is 44.9 Å². The first-order valence-electron chi connectivity index (χ1n) is 8.88. The Labute approximate surface area is 124 Å². The van der Waals surface area contributed by atoms with Crippen molar-refractivity contribution in [2.24, 2.45) is 5.92 Å². The lowest BCUT2D eigenvalue weighted by Gasteiger charge is -2.37. The van der Waals surface area contributed by atoms with E-state index in [4.69, 9.17) is 0 Å². The van der Waals surface area contributed by atoms with Crippen LogP contribution in [0.4, 0.5) is 0 Å². The van der Waals surface area contributed by atoms with Crippen molar-refractivity contribution < 1.29 is 0 Å². The van der Waals surface area contributed by atoms with Crippen molar-refractivity contribution in [1.82, 2.24) is 0 Å². The molecule has 0 saturated heterocycles. The molecule has 0 radical (unpaired) electrons. The predicted octanol–water partition coefficient (Wildman–Crippen LogP) is 7.27. The van der Waals surface area contributed by atoms with Crippen LogP contribution in [-0.4, -0.2) is 8.07 Å². The third kappa shape index (κ3) is 6.97. The Kier molecular flexibility index (Phi) is 10.1. The predicted molar refractivity (Wildman–Crippen MR) is 93.8 cm³/mol. The second-order valence-corrected chi connectivity index (χ2v) is 13.3. The fourth-order valence-corrected chi connectivity index (χ4v) is 6.69. The minimum Gasteiger partial charge on any atom is -0.0688 e. The van der Waals surface area contributed by atoms with Crippen LogP contribution in [0.3, 0.4) is 0 Å². The first kappa shape index (κ1) is 19.2. The van der Waals surface area contributed by atoms with Crippen molar-refractivity contribution in [2.45, 2.75) is 110 Å². The Morgan fingerprint density at radius 3 is 1.79 bits per heavy atom. The molecule has 0 amide bonds. The van der Waals surface area contributed by atoms with Crippen LogP contribution in [0, 0.1) is 5.92 Å². The largest absolute Gasteiger partial charge is 0.0688 e. The van der Waals surface area contributed by atoms with Crippen molar-refractivity contribution in [1.29, 1.82) is 0 Å². The Morgan fingerprint density at radius 1 is 0.789 bits per heavy atom. The molecule has 1 atom stereocenters. The number of unbranched alkanes of at least 4 members (excludes halogenated alkanes) is 3. The van der Waals surface area contributed by atoms with Gasteiger partial charge in [0.25, 0.3) is 0 Å². The smallest absolute Gasteiger partial charge is 0.0556 e. The van der Waals surface area contributed by atoms with Crippen LogP contribution in [0.2, 0.25) is 23.7 Å². The summed E-state index contributed by atoms with van der Waals surface area (Å²) in [6.45, 7) is 17.2. The lowest BCUT2D eigenvalue weighted by Crippen LogP contribution is -2.37. The fraction of sp³-hybridized carbons (Fsp3) is 1.00. The van der Waals surface area contributed by atoms with Gasteiger partial charge in [-0.15, -0.1) is 0 Å². The standard InChI is InChI=1S/C18H40Si/c1-8-10-11-12-13-18(9-2)14-15-19(7,16(3)4)17(5)6/h16-18H,8-15H2,1-7H3. The monoisotopic (exact) mass is 284 g/mol. The van der Waals surface area contributed by atoms with Gasteiger partial charge in [0.15, 0.2) is 0 Å². The first-order chi connectivity index (χ1) is 8.88. The molecule has 0 aromatic heterocycles. The van der Waals surface area contributed by atoms with Gasteiger partial charge in [0.05, 0.1) is 8.07 Å². The normalized spacial score (nSPS) is 14.4. The second-order valence-electron chi connectivity index (χ2n) is 7.48. The quantitative estimate of drug-likeness (QED) is 0.276. The molecule has 0 aliphatic heterocycles. The number of rotatable bonds is 11. The summed E-state index contributed by atoms with van der Waals surface area (Å²) in [5, 5.41) is 0. The van der Waals surface area contributed by atoms with Gasteiger partial charge in [0.1, 0.15) is 0 Å². The van der Waals surface area contributed by atoms with E-state index in [-0.39, 0.29) is 0 Å². The van der Waals surface area contributed by atoms with E-state index in [1.54, 1.807) is 6.04 Å². The summed E-state index contributed by atoms with van der Waals surface area (Å²) < 4.78 is 0. The zero-order valence-corrected chi connectivity index (χ0v) is 15.9. The minimum atomic E-state index is -1.04. The molecule has 0 nitrogen and oxygen atoms in total. The molecule has 0 N–H and O–H groups in total. The van der Waals surface area contributed by atoms with Crippen molar-refractivity contribution >= 4 is 8.07 Å². The van der Waals surface area contributed by atoms with Crippen LogP contribution in [0.5, 0.6) is 0 Å². The maximum Gasteiger partial charge on any atom is 0.0556 e. The highest BCUT2D eigenvalue weighted by atomic mass is 28.3. The lowest BCUT2D eigenvalue weighted by atomic mass is 9.96. The SMILES string of the molecule is CCCCCCC(CC)CC[Si](C)(C(C)C)C(C)C. The summed E-state index contributed by atoms with van der Waals surface area (Å²) in [6, 6.07) is 1.55. The van der Waals surface area contributed by atoms with E-state index >= 15 is 0 Å². The topological polar surface area (TPSA) is 0 Å². The summed E-state index contributed by atoms with van der Waals surface area (Å²) in [5.74, 6) is 1.00. The molecular weight excluding hydrogens is 244 g/mol. The molecule has 0 fully saturated rings. The van der Waals surface area contributed by atoms with Gasteiger partial charge in [-0.1, -0.05) is 110 Å². The van der Waals surface area contributed by atoms with Crippen molar-refractivity contribution in [3.63, 3.8) is 0 Å². The van der Waals surface area contributed by atoms with Crippen LogP contribution in [0.25, 0.3) is 0 Å². The van der Waals surface area contributed by atoms with Crippen LogP contribution >= 0.6 is 0 Å². The van der Waals surface area contributed by atoms with E-state index in [0.717, 1.165) is 17.0 Å². The Balaban J connectivity index is 4.16. The summed E-state index contributed by atoms with van der Waals surface area (Å²) in [7, 11) is -1.04. The molecule has 0 aliphatic rings. The molecule has 116 valence electrons. The van der Waals surface area contributed by atoms with Gasteiger partial charge in [0, 0.05) is 0 Å². The Hall–Kier alpha value is 0.217. The van der Waals surface area contributed by atoms with Gasteiger partial charge in [-0.3, -0.25) is 0 Å². The molecular formula is C18H40Si. The van der Waals surface area contributed by atoms with Gasteiger partial charge >= 0.3 is 0 Å². The summed E-state index contributed by atoms with van der Waals surface area (Å²) in [4.78, 5) is 0. The zero-order chi connectivity index (χ0) is 14.9. The van der Waals surface area contributed by atoms with E-state index < -0.39 is 8.07 Å². The molecule has 0 saturated carbocycles. The maximum absolute atomic E-state index is 2.64. The third-order valence-corrected chi connectivity index (χ3v) is 12.4. The van der Waals surface area contributed by atoms with Gasteiger partial charge in [-0.05, 0) is 5.92 Å². The average Bonchev–Trinajstić information content (AvgIpc) is 2.37. The van der Waals surface area contributed by atoms with E-state index in [2.05, 4.69) is 48.1 Å². The Bertz CT molecular complexity index is 200. The second kappa shape index (κ2) is 10.0. The molecule has 0 spiro atoms. The highest BCUT2D eigenvalue weighted by Crippen LogP contribution is 2.38. The molecule has 0 rings (SSSR count). The average molecular weight is 285 g/mol. The summed E-state index contributed by atoms with van der Waals surface area (Å²) >= 11 is 0. The van der Waals surface area contributed by atoms with Crippen LogP contribution in [0.1, 0.15) is 86.5 Å². The minimum absolute atomic E-state index is 0.935. The summed E-state index contributed by atoms with van der Waals surface area (Å²) in [5.41, 5.74) is 1.87. The molecule has 1 unspecified atom stereocenters. The molecule has 1 heteroatoms. The lowest BCUT2D eigenvalue weighted by molar-refractivity contribution is 0.426. The van der Waals surface area contributed by atoms with Gasteiger partial charge in [-0.25, -0.2) is 0 Å². The highest BCUT2D eigenvalue weighted by molar-refractivity contribution is 6.81. The van der Waals surface area contributed by atoms with Gasteiger partial charge in [-0.2, -0.15) is 0 Å². The van der Waals surface area contributed by atoms with Crippen molar-refractivity contribution in [2.75, 3.05) is 0 Å². The maximum atomic E-state index is 2.64. The Morgan fingerprint density at radius 2 is 1.37 bits per heavy atom. The van der Waals surface area contributed by atoms with E-state index in [1.807, 2.05) is 0 Å². The van der Waals surface area contributed by atoms with Crippen molar-refractivity contribution in [3.8, 4) is 0 Å². The highest BCUT2D eigenvalue weighted by Gasteiger charge is 2.34. The third-order valence-electron chi connectivity index (χ3n) is 5.77. The van der Waals surface area contributed by atoms with Crippen molar-refractivity contribution in [3.05, 3.63) is 0 Å². The fourth-order valence-electron chi connectivity index (χ4n) is 3.17. The van der Waals surface area contributed by atoms with Gasteiger partial charge < -0.3 is 0 Å². The molecule has 19 heavy (non-hydrogen) atoms. The first-order valence-corrected chi connectivity index (χ1v) is 11.7. The van der Waals surface area contributed by atoms with E-state index in [9.17, 15) is 0 Å². The molecule has 0 aliphatic carbocycles. The summed E-state index contributed by atoms with van der Waals surface area (Å²) in [6.07, 6.45) is 10.1. The van der Waals surface area contributed by atoms with Crippen LogP contribution in [0.15, 0.2) is 0 Å². The molecule has 0 bridgehead atoms.